The van der Waals surface area contributed by atoms with E-state index in [-0.39, 0.29) is 23.7 Å². The minimum absolute atomic E-state index is 0.0855. The summed E-state index contributed by atoms with van der Waals surface area (Å²) in [6.07, 6.45) is 1.000. The zero-order valence-corrected chi connectivity index (χ0v) is 9.62. The van der Waals surface area contributed by atoms with Crippen molar-refractivity contribution in [3.8, 4) is 0 Å². The predicted octanol–water partition coefficient (Wildman–Crippen LogP) is 1.59. The topological polar surface area (TPSA) is 38.7 Å². The molecule has 0 aromatic heterocycles. The molecule has 0 aliphatic heterocycles. The molecule has 0 saturated heterocycles. The zero-order chi connectivity index (χ0) is 10.8. The average Bonchev–Trinajstić information content (AvgIpc) is 2.10. The van der Waals surface area contributed by atoms with Crippen molar-refractivity contribution in [2.45, 2.75) is 52.4 Å². The molecule has 1 saturated carbocycles. The summed E-state index contributed by atoms with van der Waals surface area (Å²) >= 11 is 0. The highest BCUT2D eigenvalue weighted by atomic mass is 16.5. The summed E-state index contributed by atoms with van der Waals surface area (Å²) in [5, 5.41) is 9.48. The number of rotatable bonds is 5. The van der Waals surface area contributed by atoms with Gasteiger partial charge in [-0.25, -0.2) is 0 Å². The van der Waals surface area contributed by atoms with Crippen molar-refractivity contribution < 1.29 is 14.6 Å². The normalized spacial score (nSPS) is 30.4. The highest BCUT2D eigenvalue weighted by Gasteiger charge is 2.48. The highest BCUT2D eigenvalue weighted by Crippen LogP contribution is 2.42. The lowest BCUT2D eigenvalue weighted by Crippen LogP contribution is -2.54. The van der Waals surface area contributed by atoms with E-state index in [0.29, 0.717) is 13.2 Å². The predicted molar refractivity (Wildman–Crippen MR) is 55.2 cm³/mol. The van der Waals surface area contributed by atoms with Crippen LogP contribution in [0.3, 0.4) is 0 Å². The molecule has 84 valence electrons. The maximum absolute atomic E-state index is 9.48. The lowest BCUT2D eigenvalue weighted by molar-refractivity contribution is -0.180. The van der Waals surface area contributed by atoms with E-state index >= 15 is 0 Å². The molecular formula is C11H22O3. The van der Waals surface area contributed by atoms with E-state index in [4.69, 9.17) is 9.47 Å². The van der Waals surface area contributed by atoms with Gasteiger partial charge in [0, 0.05) is 11.8 Å². The first-order valence-corrected chi connectivity index (χ1v) is 5.36. The van der Waals surface area contributed by atoms with E-state index in [1.54, 1.807) is 0 Å². The number of hydrogen-bond acceptors (Lipinski definition) is 3. The van der Waals surface area contributed by atoms with Crippen LogP contribution in [0.25, 0.3) is 0 Å². The van der Waals surface area contributed by atoms with Crippen molar-refractivity contribution in [3.05, 3.63) is 0 Å². The Labute approximate surface area is 86.4 Å². The number of aliphatic hydroxyl groups is 1. The molecule has 1 fully saturated rings. The third-order valence-electron chi connectivity index (χ3n) is 2.98. The molecule has 2 unspecified atom stereocenters. The summed E-state index contributed by atoms with van der Waals surface area (Å²) in [5.74, 6) is 0. The second kappa shape index (κ2) is 4.60. The monoisotopic (exact) mass is 202 g/mol. The third-order valence-corrected chi connectivity index (χ3v) is 2.98. The van der Waals surface area contributed by atoms with E-state index in [1.165, 1.54) is 0 Å². The fourth-order valence-electron chi connectivity index (χ4n) is 1.62. The quantitative estimate of drug-likeness (QED) is 0.688. The molecule has 1 rings (SSSR count). The van der Waals surface area contributed by atoms with Crippen LogP contribution in [0.2, 0.25) is 0 Å². The maximum atomic E-state index is 9.48. The molecule has 0 radical (unpaired) electrons. The Kier molecular flexibility index (Phi) is 3.93. The van der Waals surface area contributed by atoms with Crippen LogP contribution in [0.15, 0.2) is 0 Å². The minimum Gasteiger partial charge on any atom is -0.392 e. The van der Waals surface area contributed by atoms with Crippen LogP contribution in [0.5, 0.6) is 0 Å². The van der Waals surface area contributed by atoms with Gasteiger partial charge in [-0.3, -0.25) is 0 Å². The molecule has 0 aromatic carbocycles. The lowest BCUT2D eigenvalue weighted by atomic mass is 9.66. The van der Waals surface area contributed by atoms with Crippen molar-refractivity contribution in [1.29, 1.82) is 0 Å². The second-order valence-electron chi connectivity index (χ2n) is 4.85. The van der Waals surface area contributed by atoms with Gasteiger partial charge < -0.3 is 14.6 Å². The summed E-state index contributed by atoms with van der Waals surface area (Å²) < 4.78 is 11.0. The van der Waals surface area contributed by atoms with E-state index in [1.807, 2.05) is 27.7 Å². The highest BCUT2D eigenvalue weighted by molar-refractivity contribution is 4.98. The SMILES string of the molecule is CC(C)OCCOC1CC(O)C1(C)C. The molecule has 0 bridgehead atoms. The summed E-state index contributed by atoms with van der Waals surface area (Å²) in [6, 6.07) is 0. The van der Waals surface area contributed by atoms with Gasteiger partial charge in [0.1, 0.15) is 0 Å². The zero-order valence-electron chi connectivity index (χ0n) is 9.62. The average molecular weight is 202 g/mol. The molecule has 0 spiro atoms. The Morgan fingerprint density at radius 1 is 1.36 bits per heavy atom. The van der Waals surface area contributed by atoms with Crippen molar-refractivity contribution in [2.24, 2.45) is 5.41 Å². The van der Waals surface area contributed by atoms with Gasteiger partial charge in [0.2, 0.25) is 0 Å². The molecule has 1 aliphatic rings. The van der Waals surface area contributed by atoms with Crippen LogP contribution in [0.4, 0.5) is 0 Å². The van der Waals surface area contributed by atoms with Crippen molar-refractivity contribution in [2.75, 3.05) is 13.2 Å². The van der Waals surface area contributed by atoms with Gasteiger partial charge in [0.25, 0.3) is 0 Å². The van der Waals surface area contributed by atoms with E-state index < -0.39 is 0 Å². The first-order chi connectivity index (χ1) is 6.44. The van der Waals surface area contributed by atoms with Crippen LogP contribution in [0.1, 0.15) is 34.1 Å². The van der Waals surface area contributed by atoms with E-state index in [0.717, 1.165) is 6.42 Å². The van der Waals surface area contributed by atoms with Gasteiger partial charge in [0.05, 0.1) is 31.5 Å². The molecule has 0 aromatic rings. The Morgan fingerprint density at radius 3 is 2.43 bits per heavy atom. The van der Waals surface area contributed by atoms with Gasteiger partial charge in [0.15, 0.2) is 0 Å². The standard InChI is InChI=1S/C11H22O3/c1-8(2)13-5-6-14-10-7-9(12)11(10,3)4/h8-10,12H,5-7H2,1-4H3. The third kappa shape index (κ3) is 2.69. The molecule has 1 N–H and O–H groups in total. The molecule has 0 amide bonds. The maximum Gasteiger partial charge on any atom is 0.0704 e. The van der Waals surface area contributed by atoms with Crippen LogP contribution in [-0.4, -0.2) is 36.6 Å². The summed E-state index contributed by atoms with van der Waals surface area (Å²) in [6.45, 7) is 9.36. The van der Waals surface area contributed by atoms with Crippen molar-refractivity contribution in [1.82, 2.24) is 0 Å². The van der Waals surface area contributed by atoms with Crippen molar-refractivity contribution in [3.63, 3.8) is 0 Å². The molecular weight excluding hydrogens is 180 g/mol. The molecule has 2 atom stereocenters. The van der Waals surface area contributed by atoms with Crippen LogP contribution >= 0.6 is 0 Å². The first-order valence-electron chi connectivity index (χ1n) is 5.36. The molecule has 14 heavy (non-hydrogen) atoms. The largest absolute Gasteiger partial charge is 0.392 e. The summed E-state index contributed by atoms with van der Waals surface area (Å²) in [7, 11) is 0. The number of hydrogen-bond donors (Lipinski definition) is 1. The van der Waals surface area contributed by atoms with Gasteiger partial charge in [-0.05, 0) is 13.8 Å². The number of aliphatic hydroxyl groups excluding tert-OH is 1. The van der Waals surface area contributed by atoms with Crippen LogP contribution in [-0.2, 0) is 9.47 Å². The second-order valence-corrected chi connectivity index (χ2v) is 4.85. The van der Waals surface area contributed by atoms with Crippen LogP contribution in [0, 0.1) is 5.41 Å². The number of ether oxygens (including phenoxy) is 2. The van der Waals surface area contributed by atoms with Gasteiger partial charge in [-0.1, -0.05) is 13.8 Å². The van der Waals surface area contributed by atoms with Crippen LogP contribution < -0.4 is 0 Å². The van der Waals surface area contributed by atoms with Gasteiger partial charge in [-0.15, -0.1) is 0 Å². The fourth-order valence-corrected chi connectivity index (χ4v) is 1.62. The summed E-state index contributed by atoms with van der Waals surface area (Å²) in [4.78, 5) is 0. The smallest absolute Gasteiger partial charge is 0.0704 e. The Hall–Kier alpha value is -0.120. The minimum atomic E-state index is -0.210. The molecule has 1 aliphatic carbocycles. The summed E-state index contributed by atoms with van der Waals surface area (Å²) in [5.41, 5.74) is -0.0855. The van der Waals surface area contributed by atoms with Crippen molar-refractivity contribution >= 4 is 0 Å². The Balaban J connectivity index is 2.09. The van der Waals surface area contributed by atoms with Gasteiger partial charge in [-0.2, -0.15) is 0 Å². The van der Waals surface area contributed by atoms with Gasteiger partial charge >= 0.3 is 0 Å². The molecule has 3 heteroatoms. The van der Waals surface area contributed by atoms with E-state index in [2.05, 4.69) is 0 Å². The van der Waals surface area contributed by atoms with E-state index in [9.17, 15) is 5.11 Å². The Morgan fingerprint density at radius 2 is 2.00 bits per heavy atom. The fraction of sp³-hybridized carbons (Fsp3) is 1.00. The lowest BCUT2D eigenvalue weighted by Gasteiger charge is -2.48. The Bertz CT molecular complexity index is 177. The molecule has 0 heterocycles. The molecule has 3 nitrogen and oxygen atoms in total. The first kappa shape index (κ1) is 12.0.